The van der Waals surface area contributed by atoms with Crippen molar-refractivity contribution in [3.8, 4) is 0 Å². The zero-order chi connectivity index (χ0) is 15.4. The standard InChI is InChI=1S/C16H21N3O2/c1-11(12-7-5-4-6-8-12)17-16(21)14-9-13(10-19(2)3)15(20)18-14/h4-8,10-11,14H,9H2,1-3H3,(H,17,21)(H,18,20)/b13-10+/t11-,14+/m1/s1. The molecule has 1 fully saturated rings. The lowest BCUT2D eigenvalue weighted by molar-refractivity contribution is -0.125. The summed E-state index contributed by atoms with van der Waals surface area (Å²) in [6.45, 7) is 1.93. The van der Waals surface area contributed by atoms with E-state index in [1.165, 1.54) is 0 Å². The Balaban J connectivity index is 1.97. The Kier molecular flexibility index (Phi) is 4.62. The van der Waals surface area contributed by atoms with E-state index in [-0.39, 0.29) is 17.9 Å². The third kappa shape index (κ3) is 3.84. The molecule has 1 aromatic carbocycles. The van der Waals surface area contributed by atoms with Gasteiger partial charge < -0.3 is 15.5 Å². The molecular weight excluding hydrogens is 266 g/mol. The van der Waals surface area contributed by atoms with Gasteiger partial charge in [-0.1, -0.05) is 30.3 Å². The highest BCUT2D eigenvalue weighted by atomic mass is 16.2. The van der Waals surface area contributed by atoms with Gasteiger partial charge in [0.2, 0.25) is 11.8 Å². The molecule has 0 bridgehead atoms. The van der Waals surface area contributed by atoms with Crippen molar-refractivity contribution in [1.82, 2.24) is 15.5 Å². The molecule has 2 atom stereocenters. The first kappa shape index (κ1) is 15.1. The Labute approximate surface area is 125 Å². The van der Waals surface area contributed by atoms with Crippen molar-refractivity contribution in [2.75, 3.05) is 14.1 Å². The molecule has 0 aromatic heterocycles. The number of hydrogen-bond acceptors (Lipinski definition) is 3. The smallest absolute Gasteiger partial charge is 0.249 e. The van der Waals surface area contributed by atoms with E-state index in [9.17, 15) is 9.59 Å². The second-order valence-electron chi connectivity index (χ2n) is 5.49. The Hall–Kier alpha value is -2.30. The maximum absolute atomic E-state index is 12.2. The fourth-order valence-electron chi connectivity index (χ4n) is 2.33. The van der Waals surface area contributed by atoms with Crippen molar-refractivity contribution in [2.24, 2.45) is 0 Å². The summed E-state index contributed by atoms with van der Waals surface area (Å²) in [5.74, 6) is -0.321. The fourth-order valence-corrected chi connectivity index (χ4v) is 2.33. The van der Waals surface area contributed by atoms with Crippen LogP contribution in [0.1, 0.15) is 24.9 Å². The molecule has 0 radical (unpaired) electrons. The number of amides is 2. The van der Waals surface area contributed by atoms with Crippen molar-refractivity contribution in [3.05, 3.63) is 47.7 Å². The van der Waals surface area contributed by atoms with Gasteiger partial charge in [-0.15, -0.1) is 0 Å². The summed E-state index contributed by atoms with van der Waals surface area (Å²) in [6.07, 6.45) is 2.17. The summed E-state index contributed by atoms with van der Waals surface area (Å²) in [6, 6.07) is 9.17. The fraction of sp³-hybridized carbons (Fsp3) is 0.375. The summed E-state index contributed by atoms with van der Waals surface area (Å²) >= 11 is 0. The molecule has 1 aromatic rings. The van der Waals surface area contributed by atoms with Gasteiger partial charge in [0.05, 0.1) is 6.04 Å². The van der Waals surface area contributed by atoms with Gasteiger partial charge in [0.15, 0.2) is 0 Å². The molecule has 0 aliphatic carbocycles. The van der Waals surface area contributed by atoms with E-state index in [0.717, 1.165) is 5.56 Å². The van der Waals surface area contributed by atoms with Crippen LogP contribution in [0, 0.1) is 0 Å². The van der Waals surface area contributed by atoms with Gasteiger partial charge in [0.1, 0.15) is 6.04 Å². The van der Waals surface area contributed by atoms with Crippen LogP contribution in [0.3, 0.4) is 0 Å². The van der Waals surface area contributed by atoms with E-state index in [2.05, 4.69) is 10.6 Å². The van der Waals surface area contributed by atoms with Crippen LogP contribution in [-0.2, 0) is 9.59 Å². The van der Waals surface area contributed by atoms with E-state index in [0.29, 0.717) is 12.0 Å². The third-order valence-corrected chi connectivity index (χ3v) is 3.41. The van der Waals surface area contributed by atoms with Gasteiger partial charge in [-0.3, -0.25) is 9.59 Å². The predicted octanol–water partition coefficient (Wildman–Crippen LogP) is 1.20. The molecule has 21 heavy (non-hydrogen) atoms. The van der Waals surface area contributed by atoms with Crippen LogP contribution in [0.5, 0.6) is 0 Å². The molecule has 0 spiro atoms. The average molecular weight is 287 g/mol. The highest BCUT2D eigenvalue weighted by Gasteiger charge is 2.32. The first-order chi connectivity index (χ1) is 9.97. The molecule has 2 amide bonds. The molecule has 1 aliphatic heterocycles. The molecule has 0 saturated carbocycles. The predicted molar refractivity (Wildman–Crippen MR) is 81.3 cm³/mol. The lowest BCUT2D eigenvalue weighted by Crippen LogP contribution is -2.42. The topological polar surface area (TPSA) is 61.4 Å². The zero-order valence-corrected chi connectivity index (χ0v) is 12.6. The number of carbonyl (C=O) groups is 2. The highest BCUT2D eigenvalue weighted by Crippen LogP contribution is 2.17. The van der Waals surface area contributed by atoms with Crippen LogP contribution in [-0.4, -0.2) is 36.9 Å². The van der Waals surface area contributed by atoms with Crippen LogP contribution in [0.2, 0.25) is 0 Å². The number of benzene rings is 1. The maximum Gasteiger partial charge on any atom is 0.249 e. The monoisotopic (exact) mass is 287 g/mol. The molecule has 0 unspecified atom stereocenters. The van der Waals surface area contributed by atoms with Gasteiger partial charge in [0.25, 0.3) is 0 Å². The van der Waals surface area contributed by atoms with Gasteiger partial charge >= 0.3 is 0 Å². The minimum atomic E-state index is -0.491. The van der Waals surface area contributed by atoms with Crippen LogP contribution in [0.25, 0.3) is 0 Å². The molecule has 2 N–H and O–H groups in total. The van der Waals surface area contributed by atoms with Gasteiger partial charge in [-0.25, -0.2) is 0 Å². The van der Waals surface area contributed by atoms with Crippen molar-refractivity contribution in [2.45, 2.75) is 25.4 Å². The number of rotatable bonds is 4. The normalized spacial score (nSPS) is 21.0. The van der Waals surface area contributed by atoms with Crippen molar-refractivity contribution in [1.29, 1.82) is 0 Å². The van der Waals surface area contributed by atoms with E-state index in [1.54, 1.807) is 6.20 Å². The lowest BCUT2D eigenvalue weighted by Gasteiger charge is -2.17. The van der Waals surface area contributed by atoms with Crippen LogP contribution >= 0.6 is 0 Å². The van der Waals surface area contributed by atoms with Gasteiger partial charge in [-0.05, 0) is 12.5 Å². The third-order valence-electron chi connectivity index (χ3n) is 3.41. The molecule has 112 valence electrons. The first-order valence-corrected chi connectivity index (χ1v) is 7.00. The van der Waals surface area contributed by atoms with Crippen LogP contribution in [0.15, 0.2) is 42.1 Å². The van der Waals surface area contributed by atoms with Crippen molar-refractivity contribution >= 4 is 11.8 Å². The van der Waals surface area contributed by atoms with Crippen LogP contribution in [0.4, 0.5) is 0 Å². The summed E-state index contributed by atoms with van der Waals surface area (Å²) in [7, 11) is 3.70. The quantitative estimate of drug-likeness (QED) is 0.818. The summed E-state index contributed by atoms with van der Waals surface area (Å²) in [5.41, 5.74) is 1.67. The molecule has 1 heterocycles. The number of carbonyl (C=O) groups excluding carboxylic acids is 2. The lowest BCUT2D eigenvalue weighted by atomic mass is 10.1. The SMILES string of the molecule is C[C@@H](NC(=O)[C@@H]1C/C(=C\N(C)C)C(=O)N1)c1ccccc1. The minimum absolute atomic E-state index is 0.0857. The zero-order valence-electron chi connectivity index (χ0n) is 12.6. The molecule has 1 aliphatic rings. The Morgan fingerprint density at radius 1 is 1.38 bits per heavy atom. The van der Waals surface area contributed by atoms with Gasteiger partial charge in [-0.2, -0.15) is 0 Å². The Bertz CT molecular complexity index is 552. The number of hydrogen-bond donors (Lipinski definition) is 2. The van der Waals surface area contributed by atoms with E-state index < -0.39 is 6.04 Å². The van der Waals surface area contributed by atoms with Crippen molar-refractivity contribution < 1.29 is 9.59 Å². The molecule has 5 nitrogen and oxygen atoms in total. The van der Waals surface area contributed by atoms with Crippen LogP contribution < -0.4 is 10.6 Å². The van der Waals surface area contributed by atoms with E-state index >= 15 is 0 Å². The Morgan fingerprint density at radius 3 is 2.67 bits per heavy atom. The molecule has 1 saturated heterocycles. The first-order valence-electron chi connectivity index (χ1n) is 7.00. The molecule has 5 heteroatoms. The minimum Gasteiger partial charge on any atom is -0.383 e. The summed E-state index contributed by atoms with van der Waals surface area (Å²) in [4.78, 5) is 25.8. The number of nitrogens with zero attached hydrogens (tertiary/aromatic N) is 1. The summed E-state index contributed by atoms with van der Waals surface area (Å²) < 4.78 is 0. The van der Waals surface area contributed by atoms with E-state index in [1.807, 2.05) is 56.3 Å². The largest absolute Gasteiger partial charge is 0.383 e. The second-order valence-corrected chi connectivity index (χ2v) is 5.49. The van der Waals surface area contributed by atoms with E-state index in [4.69, 9.17) is 0 Å². The number of nitrogens with one attached hydrogen (secondary N) is 2. The van der Waals surface area contributed by atoms with Gasteiger partial charge in [0, 0.05) is 32.3 Å². The maximum atomic E-state index is 12.2. The molecular formula is C16H21N3O2. The second kappa shape index (κ2) is 6.43. The average Bonchev–Trinajstić information content (AvgIpc) is 2.80. The van der Waals surface area contributed by atoms with Crippen molar-refractivity contribution in [3.63, 3.8) is 0 Å². The summed E-state index contributed by atoms with van der Waals surface area (Å²) in [5, 5.41) is 5.66. The molecule has 2 rings (SSSR count). The highest BCUT2D eigenvalue weighted by molar-refractivity contribution is 6.01. The Morgan fingerprint density at radius 2 is 2.05 bits per heavy atom.